The average molecular weight is 221 g/mol. The minimum absolute atomic E-state index is 0.280. The largest absolute Gasteiger partial charge is 0.303 e. The molecule has 3 saturated heterocycles. The van der Waals surface area contributed by atoms with E-state index in [1.54, 1.807) is 11.3 Å². The summed E-state index contributed by atoms with van der Waals surface area (Å²) < 4.78 is 0. The topological polar surface area (TPSA) is 20.3 Å². The molecule has 80 valence electrons. The molecule has 1 aromatic rings. The highest BCUT2D eigenvalue weighted by atomic mass is 32.1. The zero-order valence-electron chi connectivity index (χ0n) is 8.69. The van der Waals surface area contributed by atoms with Crippen molar-refractivity contribution in [2.24, 2.45) is 11.8 Å². The van der Waals surface area contributed by atoms with Crippen molar-refractivity contribution in [3.05, 3.63) is 22.4 Å². The van der Waals surface area contributed by atoms with Gasteiger partial charge in [-0.05, 0) is 43.3 Å². The van der Waals surface area contributed by atoms with E-state index in [-0.39, 0.29) is 5.92 Å². The molecular formula is C12H15NOS. The van der Waals surface area contributed by atoms with Gasteiger partial charge in [-0.3, -0.25) is 4.79 Å². The number of ketones is 1. The summed E-state index contributed by atoms with van der Waals surface area (Å²) in [7, 11) is 0. The number of nitrogens with zero attached hydrogens (tertiary/aromatic N) is 1. The number of piperidine rings is 3. The van der Waals surface area contributed by atoms with Gasteiger partial charge in [0.1, 0.15) is 0 Å². The van der Waals surface area contributed by atoms with Crippen LogP contribution in [0.25, 0.3) is 0 Å². The maximum atomic E-state index is 12.2. The quantitative estimate of drug-likeness (QED) is 0.714. The van der Waals surface area contributed by atoms with Crippen molar-refractivity contribution in [1.82, 2.24) is 4.90 Å². The van der Waals surface area contributed by atoms with Crippen LogP contribution in [0.3, 0.4) is 0 Å². The van der Waals surface area contributed by atoms with Crippen LogP contribution >= 0.6 is 11.3 Å². The number of fused-ring (bicyclic) bond motifs is 3. The van der Waals surface area contributed by atoms with Crippen molar-refractivity contribution < 1.29 is 4.79 Å². The van der Waals surface area contributed by atoms with Gasteiger partial charge in [0.15, 0.2) is 5.78 Å². The molecule has 3 aliphatic heterocycles. The molecule has 0 aliphatic carbocycles. The fraction of sp³-hybridized carbons (Fsp3) is 0.583. The Morgan fingerprint density at radius 3 is 2.73 bits per heavy atom. The van der Waals surface area contributed by atoms with Crippen molar-refractivity contribution in [2.75, 3.05) is 19.6 Å². The van der Waals surface area contributed by atoms with Gasteiger partial charge in [0.25, 0.3) is 0 Å². The summed E-state index contributed by atoms with van der Waals surface area (Å²) in [5.74, 6) is 1.31. The van der Waals surface area contributed by atoms with E-state index >= 15 is 0 Å². The van der Waals surface area contributed by atoms with Crippen molar-refractivity contribution in [3.63, 3.8) is 0 Å². The van der Waals surface area contributed by atoms with E-state index in [1.807, 2.05) is 16.8 Å². The summed E-state index contributed by atoms with van der Waals surface area (Å²) in [6.45, 7) is 3.41. The van der Waals surface area contributed by atoms with Crippen LogP contribution in [0.1, 0.15) is 23.2 Å². The predicted molar refractivity (Wildman–Crippen MR) is 61.3 cm³/mol. The molecule has 2 nitrogen and oxygen atoms in total. The van der Waals surface area contributed by atoms with Gasteiger partial charge >= 0.3 is 0 Å². The summed E-state index contributed by atoms with van der Waals surface area (Å²) in [5, 5.41) is 3.98. The highest BCUT2D eigenvalue weighted by molar-refractivity contribution is 7.08. The Hall–Kier alpha value is -0.670. The minimum Gasteiger partial charge on any atom is -0.303 e. The lowest BCUT2D eigenvalue weighted by atomic mass is 9.76. The molecular weight excluding hydrogens is 206 g/mol. The molecule has 0 saturated carbocycles. The number of carbonyl (C=O) groups excluding carboxylic acids is 1. The van der Waals surface area contributed by atoms with E-state index in [0.717, 1.165) is 12.1 Å². The molecule has 1 unspecified atom stereocenters. The normalized spacial score (nSPS) is 34.3. The van der Waals surface area contributed by atoms with Gasteiger partial charge in [0, 0.05) is 23.4 Å². The first kappa shape index (κ1) is 9.55. The van der Waals surface area contributed by atoms with Crippen LogP contribution in [0.15, 0.2) is 16.8 Å². The highest BCUT2D eigenvalue weighted by Gasteiger charge is 2.38. The Morgan fingerprint density at radius 2 is 2.20 bits per heavy atom. The Balaban J connectivity index is 1.80. The van der Waals surface area contributed by atoms with E-state index in [2.05, 4.69) is 4.90 Å². The number of carbonyl (C=O) groups is 1. The van der Waals surface area contributed by atoms with Crippen LogP contribution in [-0.4, -0.2) is 30.3 Å². The van der Waals surface area contributed by atoms with Crippen LogP contribution in [0.5, 0.6) is 0 Å². The standard InChI is InChI=1S/C12H15NOS/c14-12(10-3-6-15-8-10)11-7-13-4-1-9(11)2-5-13/h3,6,8-9,11H,1-2,4-5,7H2. The SMILES string of the molecule is O=C(c1ccsc1)C1CN2CCC1CC2. The summed E-state index contributed by atoms with van der Waals surface area (Å²) in [4.78, 5) is 14.7. The summed E-state index contributed by atoms with van der Waals surface area (Å²) in [5.41, 5.74) is 0.929. The van der Waals surface area contributed by atoms with Gasteiger partial charge < -0.3 is 4.90 Å². The second-order valence-electron chi connectivity index (χ2n) is 4.62. The lowest BCUT2D eigenvalue weighted by Gasteiger charge is -2.44. The fourth-order valence-electron chi connectivity index (χ4n) is 2.88. The van der Waals surface area contributed by atoms with Gasteiger partial charge in [-0.1, -0.05) is 0 Å². The molecule has 1 aromatic heterocycles. The van der Waals surface area contributed by atoms with Crippen LogP contribution < -0.4 is 0 Å². The number of hydrogen-bond acceptors (Lipinski definition) is 3. The van der Waals surface area contributed by atoms with E-state index in [9.17, 15) is 4.79 Å². The Morgan fingerprint density at radius 1 is 1.40 bits per heavy atom. The highest BCUT2D eigenvalue weighted by Crippen LogP contribution is 2.34. The summed E-state index contributed by atoms with van der Waals surface area (Å²) >= 11 is 1.62. The van der Waals surface area contributed by atoms with Crippen LogP contribution in [0.4, 0.5) is 0 Å². The first-order valence-corrected chi connectivity index (χ1v) is 6.57. The first-order valence-electron chi connectivity index (χ1n) is 5.63. The lowest BCUT2D eigenvalue weighted by molar-refractivity contribution is 0.0419. The number of rotatable bonds is 2. The maximum absolute atomic E-state index is 12.2. The predicted octanol–water partition coefficient (Wildman–Crippen LogP) is 2.27. The van der Waals surface area contributed by atoms with Crippen molar-refractivity contribution in [3.8, 4) is 0 Å². The molecule has 4 heterocycles. The van der Waals surface area contributed by atoms with Gasteiger partial charge in [-0.2, -0.15) is 11.3 Å². The molecule has 0 N–H and O–H groups in total. The molecule has 0 radical (unpaired) electrons. The van der Waals surface area contributed by atoms with Gasteiger partial charge in [-0.25, -0.2) is 0 Å². The molecule has 0 amide bonds. The number of hydrogen-bond donors (Lipinski definition) is 0. The molecule has 3 heteroatoms. The molecule has 4 rings (SSSR count). The number of Topliss-reactive ketones (excluding diaryl/α,β-unsaturated/α-hetero) is 1. The van der Waals surface area contributed by atoms with Gasteiger partial charge in [-0.15, -0.1) is 0 Å². The van der Waals surface area contributed by atoms with Crippen molar-refractivity contribution >= 4 is 17.1 Å². The van der Waals surface area contributed by atoms with E-state index in [1.165, 1.54) is 25.9 Å². The molecule has 15 heavy (non-hydrogen) atoms. The third kappa shape index (κ3) is 1.64. The van der Waals surface area contributed by atoms with Crippen LogP contribution in [-0.2, 0) is 0 Å². The smallest absolute Gasteiger partial charge is 0.168 e. The molecule has 3 fully saturated rings. The lowest BCUT2D eigenvalue weighted by Crippen LogP contribution is -2.49. The molecule has 0 aromatic carbocycles. The minimum atomic E-state index is 0.280. The monoisotopic (exact) mass is 221 g/mol. The fourth-order valence-corrected chi connectivity index (χ4v) is 3.53. The zero-order valence-corrected chi connectivity index (χ0v) is 9.50. The second kappa shape index (κ2) is 3.72. The maximum Gasteiger partial charge on any atom is 0.168 e. The van der Waals surface area contributed by atoms with Crippen molar-refractivity contribution in [1.29, 1.82) is 0 Å². The van der Waals surface area contributed by atoms with Gasteiger partial charge in [0.05, 0.1) is 0 Å². The van der Waals surface area contributed by atoms with Crippen LogP contribution in [0.2, 0.25) is 0 Å². The van der Waals surface area contributed by atoms with E-state index in [0.29, 0.717) is 11.7 Å². The van der Waals surface area contributed by atoms with Gasteiger partial charge in [0.2, 0.25) is 0 Å². The van der Waals surface area contributed by atoms with E-state index in [4.69, 9.17) is 0 Å². The Labute approximate surface area is 93.9 Å². The zero-order chi connectivity index (χ0) is 10.3. The Bertz CT molecular complexity index is 352. The molecule has 0 spiro atoms. The third-order valence-electron chi connectivity index (χ3n) is 3.80. The third-order valence-corrected chi connectivity index (χ3v) is 4.48. The second-order valence-corrected chi connectivity index (χ2v) is 5.40. The molecule has 1 atom stereocenters. The van der Waals surface area contributed by atoms with E-state index < -0.39 is 0 Å². The molecule has 2 bridgehead atoms. The molecule has 3 aliphatic rings. The average Bonchev–Trinajstić information content (AvgIpc) is 2.83. The first-order chi connectivity index (χ1) is 7.34. The summed E-state index contributed by atoms with van der Waals surface area (Å²) in [6, 6.07) is 1.96. The summed E-state index contributed by atoms with van der Waals surface area (Å²) in [6.07, 6.45) is 2.45. The number of thiophene rings is 1. The Kier molecular flexibility index (Phi) is 2.37. The van der Waals surface area contributed by atoms with Crippen LogP contribution in [0, 0.1) is 11.8 Å². The van der Waals surface area contributed by atoms with Crippen molar-refractivity contribution in [2.45, 2.75) is 12.8 Å².